The van der Waals surface area contributed by atoms with Gasteiger partial charge in [-0.25, -0.2) is 0 Å². The van der Waals surface area contributed by atoms with Crippen molar-refractivity contribution < 1.29 is 0 Å². The molecule has 0 saturated heterocycles. The molecule has 4 rings (SSSR count). The van der Waals surface area contributed by atoms with Gasteiger partial charge in [-0.15, -0.1) is 0 Å². The second-order valence-corrected chi connectivity index (χ2v) is 17.2. The van der Waals surface area contributed by atoms with Gasteiger partial charge in [0.05, 0.1) is 0 Å². The fourth-order valence-electron chi connectivity index (χ4n) is 3.72. The Kier molecular flexibility index (Phi) is 4.73. The van der Waals surface area contributed by atoms with Crippen LogP contribution in [0, 0.1) is 0 Å². The van der Waals surface area contributed by atoms with Crippen molar-refractivity contribution in [2.75, 3.05) is 0 Å². The SMILES string of the molecule is IP(Cc1ccc[nH]1)(c1ccccc1)(c1ccccc1)c1ccccc1. The van der Waals surface area contributed by atoms with Gasteiger partial charge in [0.15, 0.2) is 0 Å². The van der Waals surface area contributed by atoms with Gasteiger partial charge in [-0.05, 0) is 0 Å². The van der Waals surface area contributed by atoms with Crippen LogP contribution in [-0.4, -0.2) is 4.98 Å². The predicted molar refractivity (Wildman–Crippen MR) is 124 cm³/mol. The normalized spacial score (nSPS) is 13.0. The number of H-pyrrole nitrogens is 1. The van der Waals surface area contributed by atoms with E-state index in [0.29, 0.717) is 0 Å². The molecule has 4 aromatic rings. The Hall–Kier alpha value is -1.90. The van der Waals surface area contributed by atoms with Crippen LogP contribution in [0.1, 0.15) is 5.69 Å². The minimum absolute atomic E-state index is 0.969. The standard InChI is InChI=1S/C23H21INP/c24-26(19-20-11-10-18-25-20,21-12-4-1-5-13-21,22-14-6-2-7-15-22)23-16-8-3-9-17-23/h1-18,25H,19H2. The van der Waals surface area contributed by atoms with Gasteiger partial charge >= 0.3 is 168 Å². The second-order valence-electron chi connectivity index (χ2n) is 6.54. The van der Waals surface area contributed by atoms with Gasteiger partial charge in [-0.1, -0.05) is 0 Å². The first-order valence-electron chi connectivity index (χ1n) is 8.74. The molecule has 0 atom stereocenters. The van der Waals surface area contributed by atoms with E-state index >= 15 is 0 Å². The monoisotopic (exact) mass is 469 g/mol. The summed E-state index contributed by atoms with van der Waals surface area (Å²) in [6.07, 6.45) is 2.99. The molecule has 0 aliphatic carbocycles. The minimum atomic E-state index is -2.70. The Morgan fingerprint density at radius 3 is 1.35 bits per heavy atom. The van der Waals surface area contributed by atoms with Gasteiger partial charge in [0.25, 0.3) is 0 Å². The molecule has 26 heavy (non-hydrogen) atoms. The molecular weight excluding hydrogens is 448 g/mol. The number of benzene rings is 3. The van der Waals surface area contributed by atoms with Crippen molar-refractivity contribution >= 4 is 42.2 Å². The third kappa shape index (κ3) is 2.82. The molecule has 0 radical (unpaired) electrons. The fourth-order valence-corrected chi connectivity index (χ4v) is 12.4. The molecule has 0 fully saturated rings. The third-order valence-corrected chi connectivity index (χ3v) is 16.1. The van der Waals surface area contributed by atoms with E-state index in [9.17, 15) is 0 Å². The first-order chi connectivity index (χ1) is 12.7. The molecule has 0 bridgehead atoms. The Morgan fingerprint density at radius 1 is 0.577 bits per heavy atom. The Morgan fingerprint density at radius 2 is 1.00 bits per heavy atom. The van der Waals surface area contributed by atoms with Gasteiger partial charge in [-0.2, -0.15) is 0 Å². The summed E-state index contributed by atoms with van der Waals surface area (Å²) in [5.41, 5.74) is 1.27. The molecule has 0 spiro atoms. The van der Waals surface area contributed by atoms with E-state index in [1.54, 1.807) is 0 Å². The number of aromatic amines is 1. The zero-order valence-corrected chi connectivity index (χ0v) is 17.5. The van der Waals surface area contributed by atoms with E-state index < -0.39 is 4.25 Å². The molecule has 1 aromatic heterocycles. The summed E-state index contributed by atoms with van der Waals surface area (Å²) >= 11 is 2.82. The van der Waals surface area contributed by atoms with Gasteiger partial charge in [-0.3, -0.25) is 0 Å². The molecule has 1 nitrogen and oxygen atoms in total. The van der Waals surface area contributed by atoms with Crippen LogP contribution in [-0.2, 0) is 6.16 Å². The van der Waals surface area contributed by atoms with Crippen molar-refractivity contribution in [2.24, 2.45) is 0 Å². The van der Waals surface area contributed by atoms with Crippen LogP contribution in [0.25, 0.3) is 0 Å². The molecule has 0 aliphatic rings. The number of aromatic nitrogens is 1. The molecule has 3 heteroatoms. The molecule has 0 amide bonds. The van der Waals surface area contributed by atoms with Gasteiger partial charge in [0.1, 0.15) is 0 Å². The topological polar surface area (TPSA) is 15.8 Å². The summed E-state index contributed by atoms with van der Waals surface area (Å²) in [6.45, 7) is 0. The van der Waals surface area contributed by atoms with E-state index in [-0.39, 0.29) is 0 Å². The zero-order valence-electron chi connectivity index (χ0n) is 14.4. The average molecular weight is 469 g/mol. The summed E-state index contributed by atoms with van der Waals surface area (Å²) < 4.78 is -2.70. The molecular formula is C23H21INP. The quantitative estimate of drug-likeness (QED) is 0.298. The van der Waals surface area contributed by atoms with Crippen molar-refractivity contribution in [2.45, 2.75) is 6.16 Å². The van der Waals surface area contributed by atoms with Crippen LogP contribution in [0.5, 0.6) is 0 Å². The van der Waals surface area contributed by atoms with E-state index in [4.69, 9.17) is 0 Å². The van der Waals surface area contributed by atoms with Gasteiger partial charge in [0.2, 0.25) is 0 Å². The molecule has 130 valence electrons. The van der Waals surface area contributed by atoms with Crippen LogP contribution in [0.15, 0.2) is 109 Å². The Labute approximate surface area is 167 Å². The van der Waals surface area contributed by atoms with Crippen LogP contribution in [0.4, 0.5) is 0 Å². The van der Waals surface area contributed by atoms with E-state index in [1.807, 2.05) is 6.20 Å². The number of nitrogens with one attached hydrogen (secondary N) is 1. The Bertz CT molecular complexity index is 867. The van der Waals surface area contributed by atoms with Crippen molar-refractivity contribution in [1.29, 1.82) is 0 Å². The van der Waals surface area contributed by atoms with Crippen molar-refractivity contribution in [3.63, 3.8) is 0 Å². The summed E-state index contributed by atoms with van der Waals surface area (Å²) in [5.74, 6) is 0. The molecule has 0 aliphatic heterocycles. The predicted octanol–water partition coefficient (Wildman–Crippen LogP) is 5.39. The summed E-state index contributed by atoms with van der Waals surface area (Å²) in [6, 6.07) is 37.4. The molecule has 0 unspecified atom stereocenters. The van der Waals surface area contributed by atoms with Crippen molar-refractivity contribution in [1.82, 2.24) is 4.98 Å². The molecule has 1 heterocycles. The van der Waals surface area contributed by atoms with Crippen molar-refractivity contribution in [3.05, 3.63) is 115 Å². The van der Waals surface area contributed by atoms with Gasteiger partial charge < -0.3 is 0 Å². The maximum absolute atomic E-state index is 3.45. The fraction of sp³-hybridized carbons (Fsp3) is 0.0435. The van der Waals surface area contributed by atoms with Crippen LogP contribution < -0.4 is 15.9 Å². The number of hydrogen-bond acceptors (Lipinski definition) is 0. The summed E-state index contributed by atoms with van der Waals surface area (Å²) in [4.78, 5) is 3.45. The summed E-state index contributed by atoms with van der Waals surface area (Å²) in [5, 5.41) is 4.23. The number of halogens is 1. The van der Waals surface area contributed by atoms with Gasteiger partial charge in [0, 0.05) is 0 Å². The van der Waals surface area contributed by atoms with E-state index in [0.717, 1.165) is 6.16 Å². The number of rotatable bonds is 5. The van der Waals surface area contributed by atoms with E-state index in [2.05, 4.69) is 130 Å². The Balaban J connectivity index is 2.10. The third-order valence-electron chi connectivity index (χ3n) is 5.01. The average Bonchev–Trinajstić information content (AvgIpc) is 3.23. The van der Waals surface area contributed by atoms with Crippen LogP contribution in [0.2, 0.25) is 0 Å². The van der Waals surface area contributed by atoms with E-state index in [1.165, 1.54) is 21.6 Å². The molecule has 0 saturated carbocycles. The number of hydrogen-bond donors (Lipinski definition) is 1. The van der Waals surface area contributed by atoms with Crippen LogP contribution in [0.3, 0.4) is 0 Å². The van der Waals surface area contributed by atoms with Crippen LogP contribution >= 0.6 is 26.3 Å². The first-order valence-corrected chi connectivity index (χ1v) is 13.9. The zero-order chi connectivity index (χ0) is 17.9. The maximum atomic E-state index is 3.45. The summed E-state index contributed by atoms with van der Waals surface area (Å²) in [7, 11) is 0. The first kappa shape index (κ1) is 17.5. The molecule has 3 aromatic carbocycles. The molecule has 1 N–H and O–H groups in total. The second kappa shape index (κ2) is 7.02. The van der Waals surface area contributed by atoms with Crippen molar-refractivity contribution in [3.8, 4) is 0 Å².